The molecule has 7 nitrogen and oxygen atoms in total. The Kier molecular flexibility index (Phi) is 4.35. The Labute approximate surface area is 110 Å². The minimum atomic E-state index is -3.28. The zero-order valence-electron chi connectivity index (χ0n) is 10.8. The minimum Gasteiger partial charge on any atom is -0.491 e. The molecule has 0 aliphatic rings. The number of ether oxygens (including phenoxy) is 1. The van der Waals surface area contributed by atoms with E-state index in [-0.39, 0.29) is 17.2 Å². The van der Waals surface area contributed by atoms with E-state index in [9.17, 15) is 18.0 Å². The number of hydrogen-bond donors (Lipinski definition) is 1. The molecule has 0 radical (unpaired) electrons. The molecular formula is C11H15NO6S. The summed E-state index contributed by atoms with van der Waals surface area (Å²) in [6.07, 6.45) is 2.27. The van der Waals surface area contributed by atoms with Crippen molar-refractivity contribution in [2.75, 3.05) is 19.1 Å². The predicted octanol–water partition coefficient (Wildman–Crippen LogP) is 0.161. The largest absolute Gasteiger partial charge is 0.491 e. The Bertz CT molecular complexity index is 646. The lowest BCUT2D eigenvalue weighted by molar-refractivity contribution is 0.0682. The summed E-state index contributed by atoms with van der Waals surface area (Å²) in [5.41, 5.74) is -0.843. The van der Waals surface area contributed by atoms with Crippen LogP contribution in [0.15, 0.2) is 17.1 Å². The molecule has 1 rings (SSSR count). The molecule has 0 amide bonds. The molecule has 0 bridgehead atoms. The Morgan fingerprint density at radius 1 is 1.53 bits per heavy atom. The second-order valence-electron chi connectivity index (χ2n) is 4.25. The average Bonchev–Trinajstić information content (AvgIpc) is 2.25. The summed E-state index contributed by atoms with van der Waals surface area (Å²) in [5.74, 6) is -1.58. The SMILES string of the molecule is COc1cn(C(C)CS(C)(=O)=O)c(C(=O)O)cc1=O. The molecular weight excluding hydrogens is 274 g/mol. The van der Waals surface area contributed by atoms with Gasteiger partial charge < -0.3 is 14.4 Å². The van der Waals surface area contributed by atoms with Crippen molar-refractivity contribution >= 4 is 15.8 Å². The monoisotopic (exact) mass is 289 g/mol. The zero-order chi connectivity index (χ0) is 14.8. The normalized spacial score (nSPS) is 13.0. The fraction of sp³-hybridized carbons (Fsp3) is 0.455. The maximum atomic E-state index is 11.5. The lowest BCUT2D eigenvalue weighted by Gasteiger charge is -2.18. The van der Waals surface area contributed by atoms with E-state index < -0.39 is 27.3 Å². The molecule has 0 saturated heterocycles. The lowest BCUT2D eigenvalue weighted by Crippen LogP contribution is -2.24. The van der Waals surface area contributed by atoms with Crippen molar-refractivity contribution in [1.82, 2.24) is 4.57 Å². The van der Waals surface area contributed by atoms with Crippen LogP contribution in [0.4, 0.5) is 0 Å². The van der Waals surface area contributed by atoms with Crippen molar-refractivity contribution < 1.29 is 23.1 Å². The number of carboxylic acid groups (broad SMARTS) is 1. The van der Waals surface area contributed by atoms with Crippen LogP contribution in [0.2, 0.25) is 0 Å². The Morgan fingerprint density at radius 3 is 2.53 bits per heavy atom. The van der Waals surface area contributed by atoms with Crippen molar-refractivity contribution in [2.45, 2.75) is 13.0 Å². The number of hydrogen-bond acceptors (Lipinski definition) is 5. The van der Waals surface area contributed by atoms with E-state index in [1.807, 2.05) is 0 Å². The number of nitrogens with zero attached hydrogens (tertiary/aromatic N) is 1. The fourth-order valence-electron chi connectivity index (χ4n) is 1.74. The van der Waals surface area contributed by atoms with Crippen molar-refractivity contribution in [3.63, 3.8) is 0 Å². The highest BCUT2D eigenvalue weighted by molar-refractivity contribution is 7.90. The van der Waals surface area contributed by atoms with Crippen LogP contribution in [0.1, 0.15) is 23.5 Å². The molecule has 1 aromatic heterocycles. The van der Waals surface area contributed by atoms with Crippen LogP contribution in [0.3, 0.4) is 0 Å². The van der Waals surface area contributed by atoms with Crippen molar-refractivity contribution in [3.05, 3.63) is 28.2 Å². The highest BCUT2D eigenvalue weighted by Gasteiger charge is 2.19. The van der Waals surface area contributed by atoms with Gasteiger partial charge in [0, 0.05) is 18.4 Å². The summed E-state index contributed by atoms with van der Waals surface area (Å²) in [6.45, 7) is 1.55. The van der Waals surface area contributed by atoms with E-state index in [1.165, 1.54) is 17.9 Å². The highest BCUT2D eigenvalue weighted by Crippen LogP contribution is 2.15. The van der Waals surface area contributed by atoms with Crippen LogP contribution in [-0.4, -0.2) is 43.2 Å². The summed E-state index contributed by atoms with van der Waals surface area (Å²) in [7, 11) is -2.00. The molecule has 0 saturated carbocycles. The number of sulfone groups is 1. The van der Waals surface area contributed by atoms with Crippen molar-refractivity contribution in [3.8, 4) is 5.75 Å². The fourth-order valence-corrected chi connectivity index (χ4v) is 2.77. The van der Waals surface area contributed by atoms with Gasteiger partial charge in [-0.2, -0.15) is 0 Å². The van der Waals surface area contributed by atoms with Gasteiger partial charge in [-0.15, -0.1) is 0 Å². The summed E-state index contributed by atoms with van der Waals surface area (Å²) in [5, 5.41) is 9.05. The van der Waals surface area contributed by atoms with Gasteiger partial charge in [0.2, 0.25) is 5.43 Å². The van der Waals surface area contributed by atoms with Gasteiger partial charge in [-0.1, -0.05) is 0 Å². The minimum absolute atomic E-state index is 0.0367. The Morgan fingerprint density at radius 2 is 2.11 bits per heavy atom. The van der Waals surface area contributed by atoms with E-state index in [1.54, 1.807) is 6.92 Å². The first-order chi connectivity index (χ1) is 8.65. The molecule has 0 spiro atoms. The molecule has 1 unspecified atom stereocenters. The average molecular weight is 289 g/mol. The van der Waals surface area contributed by atoms with Gasteiger partial charge in [-0.05, 0) is 6.92 Å². The number of rotatable bonds is 5. The van der Waals surface area contributed by atoms with E-state index in [0.717, 1.165) is 12.3 Å². The molecule has 1 N–H and O–H groups in total. The van der Waals surface area contributed by atoms with Gasteiger partial charge in [0.15, 0.2) is 5.75 Å². The maximum absolute atomic E-state index is 11.5. The molecule has 0 aliphatic heterocycles. The second kappa shape index (κ2) is 5.43. The van der Waals surface area contributed by atoms with Crippen LogP contribution >= 0.6 is 0 Å². The third-order valence-corrected chi connectivity index (χ3v) is 3.59. The van der Waals surface area contributed by atoms with E-state index in [0.29, 0.717) is 0 Å². The molecule has 1 atom stereocenters. The van der Waals surface area contributed by atoms with Crippen molar-refractivity contribution in [1.29, 1.82) is 0 Å². The summed E-state index contributed by atoms with van der Waals surface area (Å²) in [6, 6.07) is 0.288. The molecule has 0 fully saturated rings. The molecule has 0 aliphatic carbocycles. The van der Waals surface area contributed by atoms with Gasteiger partial charge >= 0.3 is 5.97 Å². The van der Waals surface area contributed by atoms with Gasteiger partial charge in [-0.25, -0.2) is 13.2 Å². The van der Waals surface area contributed by atoms with Crippen LogP contribution in [-0.2, 0) is 9.84 Å². The molecule has 19 heavy (non-hydrogen) atoms. The number of carbonyl (C=O) groups is 1. The van der Waals surface area contributed by atoms with Crippen LogP contribution in [0, 0.1) is 0 Å². The van der Waals surface area contributed by atoms with Gasteiger partial charge in [0.1, 0.15) is 15.5 Å². The number of aromatic nitrogens is 1. The number of methoxy groups -OCH3 is 1. The first-order valence-corrected chi connectivity index (χ1v) is 7.43. The number of carboxylic acids is 1. The van der Waals surface area contributed by atoms with E-state index in [4.69, 9.17) is 9.84 Å². The van der Waals surface area contributed by atoms with Crippen LogP contribution < -0.4 is 10.2 Å². The third kappa shape index (κ3) is 3.82. The Hall–Kier alpha value is -1.83. The quantitative estimate of drug-likeness (QED) is 0.828. The molecule has 106 valence electrons. The van der Waals surface area contributed by atoms with E-state index >= 15 is 0 Å². The first kappa shape index (κ1) is 15.2. The molecule has 8 heteroatoms. The molecule has 1 heterocycles. The third-order valence-electron chi connectivity index (χ3n) is 2.50. The predicted molar refractivity (Wildman–Crippen MR) is 68.6 cm³/mol. The second-order valence-corrected chi connectivity index (χ2v) is 6.43. The topological polar surface area (TPSA) is 103 Å². The maximum Gasteiger partial charge on any atom is 0.352 e. The van der Waals surface area contributed by atoms with Crippen LogP contribution in [0.25, 0.3) is 0 Å². The Balaban J connectivity index is 3.39. The molecule has 1 aromatic rings. The zero-order valence-corrected chi connectivity index (χ0v) is 11.6. The number of pyridine rings is 1. The van der Waals surface area contributed by atoms with Gasteiger partial charge in [-0.3, -0.25) is 4.79 Å². The summed E-state index contributed by atoms with van der Waals surface area (Å²) < 4.78 is 28.6. The van der Waals surface area contributed by atoms with Crippen molar-refractivity contribution in [2.24, 2.45) is 0 Å². The standard InChI is InChI=1S/C11H15NO6S/c1-7(6-19(3,16)17)12-5-10(18-2)9(13)4-8(12)11(14)15/h4-5,7H,6H2,1-3H3,(H,14,15). The lowest BCUT2D eigenvalue weighted by atomic mass is 10.2. The van der Waals surface area contributed by atoms with Gasteiger partial charge in [0.05, 0.1) is 19.1 Å². The van der Waals surface area contributed by atoms with E-state index in [2.05, 4.69) is 0 Å². The highest BCUT2D eigenvalue weighted by atomic mass is 32.2. The number of aromatic carboxylic acids is 1. The van der Waals surface area contributed by atoms with Crippen LogP contribution in [0.5, 0.6) is 5.75 Å². The summed E-state index contributed by atoms with van der Waals surface area (Å²) >= 11 is 0. The first-order valence-electron chi connectivity index (χ1n) is 5.37. The molecule has 0 aromatic carbocycles. The van der Waals surface area contributed by atoms with Gasteiger partial charge in [0.25, 0.3) is 0 Å². The smallest absolute Gasteiger partial charge is 0.352 e. The summed E-state index contributed by atoms with van der Waals surface area (Å²) in [4.78, 5) is 22.6.